The first kappa shape index (κ1) is 49.6. The van der Waals surface area contributed by atoms with Gasteiger partial charge in [0.1, 0.15) is 5.58 Å². The first-order valence-corrected chi connectivity index (χ1v) is 32.0. The van der Waals surface area contributed by atoms with Crippen LogP contribution in [0.1, 0.15) is 75.8 Å². The van der Waals surface area contributed by atoms with E-state index in [-0.39, 0.29) is 31.9 Å². The third-order valence-electron chi connectivity index (χ3n) is 13.3. The topological polar surface area (TPSA) is 69.9 Å². The van der Waals surface area contributed by atoms with Gasteiger partial charge in [-0.1, -0.05) is 105 Å². The second-order valence-electron chi connectivity index (χ2n) is 20.7. The molecule has 0 aliphatic carbocycles. The monoisotopic (exact) mass is 1170 g/mol. The normalized spacial score (nSPS) is 11.8. The summed E-state index contributed by atoms with van der Waals surface area (Å²) in [5.41, 5.74) is 18.0. The molecule has 5 aromatic heterocycles. The number of benzene rings is 6. The fourth-order valence-corrected chi connectivity index (χ4v) is 13.1. The van der Waals surface area contributed by atoms with Crippen LogP contribution in [-0.4, -0.2) is 32.8 Å². The van der Waals surface area contributed by atoms with Crippen LogP contribution in [-0.2, 0) is 26.5 Å². The molecule has 6 nitrogen and oxygen atoms in total. The van der Waals surface area contributed by atoms with Crippen molar-refractivity contribution < 1.29 is 28.9 Å². The van der Waals surface area contributed by atoms with Crippen LogP contribution >= 0.6 is 0 Å². The van der Waals surface area contributed by atoms with Crippen molar-refractivity contribution >= 4 is 61.7 Å². The van der Waals surface area contributed by atoms with Gasteiger partial charge in [-0.05, 0) is 101 Å². The summed E-state index contributed by atoms with van der Waals surface area (Å²) in [7, 11) is 0. The van der Waals surface area contributed by atoms with Gasteiger partial charge in [-0.15, -0.1) is 0 Å². The van der Waals surface area contributed by atoms with Gasteiger partial charge >= 0.3 is 126 Å². The van der Waals surface area contributed by atoms with Gasteiger partial charge < -0.3 is 13.4 Å². The van der Waals surface area contributed by atoms with Gasteiger partial charge in [-0.2, -0.15) is 0 Å². The van der Waals surface area contributed by atoms with Crippen molar-refractivity contribution in [2.24, 2.45) is 5.92 Å². The van der Waals surface area contributed by atoms with Gasteiger partial charge in [0.25, 0.3) is 0 Å². The summed E-state index contributed by atoms with van der Waals surface area (Å²) >= 11 is -1.86. The number of nitrogens with zero attached hydrogens (tertiary/aromatic N) is 4. The number of hydrogen-bond acceptors (Lipinski definition) is 5. The van der Waals surface area contributed by atoms with E-state index in [0.717, 1.165) is 84.2 Å². The Morgan fingerprint density at radius 2 is 1.31 bits per heavy atom. The van der Waals surface area contributed by atoms with Crippen LogP contribution in [0.3, 0.4) is 0 Å². The minimum atomic E-state index is -1.86. The number of rotatable bonds is 10. The van der Waals surface area contributed by atoms with Crippen molar-refractivity contribution in [3.05, 3.63) is 187 Å². The molecule has 0 aliphatic heterocycles. The molecular formula is C63H60GeIrN4O2-2. The molecule has 11 aromatic rings. The smallest absolute Gasteiger partial charge is 0.227 e. The minimum absolute atomic E-state index is 0. The Kier molecular flexibility index (Phi) is 14.2. The van der Waals surface area contributed by atoms with E-state index in [1.807, 2.05) is 43.3 Å². The summed E-state index contributed by atoms with van der Waals surface area (Å²) in [6.45, 7) is 15.7. The number of furan rings is 2. The zero-order valence-corrected chi connectivity index (χ0v) is 46.8. The molecule has 0 atom stereocenters. The summed E-state index contributed by atoms with van der Waals surface area (Å²) in [5, 5.41) is 3.03. The number of aromatic nitrogens is 4. The molecule has 0 unspecified atom stereocenters. The summed E-state index contributed by atoms with van der Waals surface area (Å²) in [6.07, 6.45) is 6.56. The second-order valence-corrected chi connectivity index (χ2v) is 31.3. The van der Waals surface area contributed by atoms with Gasteiger partial charge in [0.2, 0.25) is 5.71 Å². The second kappa shape index (κ2) is 20.4. The average Bonchev–Trinajstić information content (AvgIpc) is 4.06. The van der Waals surface area contributed by atoms with Crippen LogP contribution in [0.5, 0.6) is 0 Å². The molecule has 0 fully saturated rings. The minimum Gasteiger partial charge on any atom is -0.557 e. The van der Waals surface area contributed by atoms with E-state index >= 15 is 0 Å². The molecule has 0 spiro atoms. The fourth-order valence-electron chi connectivity index (χ4n) is 9.77. The van der Waals surface area contributed by atoms with Gasteiger partial charge in [-0.25, -0.2) is 4.98 Å². The Labute approximate surface area is 434 Å². The first-order chi connectivity index (χ1) is 33.7. The molecule has 0 saturated carbocycles. The number of fused-ring (bicyclic) bond motifs is 5. The maximum atomic E-state index is 6.14. The molecule has 0 N–H and O–H groups in total. The van der Waals surface area contributed by atoms with Crippen molar-refractivity contribution in [2.45, 2.75) is 84.0 Å². The van der Waals surface area contributed by atoms with Crippen LogP contribution in [0.4, 0.5) is 0 Å². The Morgan fingerprint density at radius 1 is 0.634 bits per heavy atom. The van der Waals surface area contributed by atoms with E-state index in [0.29, 0.717) is 11.6 Å². The van der Waals surface area contributed by atoms with Crippen molar-refractivity contribution in [2.75, 3.05) is 0 Å². The maximum absolute atomic E-state index is 6.14. The Hall–Kier alpha value is -6.38. The molecular weight excluding hydrogens is 1110 g/mol. The molecule has 11 rings (SSSR count). The van der Waals surface area contributed by atoms with Gasteiger partial charge in [0, 0.05) is 54.1 Å². The first-order valence-electron chi connectivity index (χ1n) is 24.6. The van der Waals surface area contributed by atoms with Crippen molar-refractivity contribution in [3.63, 3.8) is 0 Å². The third kappa shape index (κ3) is 9.98. The maximum Gasteiger partial charge on any atom is 0.227 e. The Bertz CT molecular complexity index is 3640. The van der Waals surface area contributed by atoms with Gasteiger partial charge in [-0.3, -0.25) is 4.98 Å². The van der Waals surface area contributed by atoms with E-state index in [4.69, 9.17) is 18.8 Å². The van der Waals surface area contributed by atoms with Crippen molar-refractivity contribution in [1.82, 2.24) is 19.5 Å². The largest absolute Gasteiger partial charge is 0.557 e. The molecule has 0 saturated heterocycles. The van der Waals surface area contributed by atoms with Crippen molar-refractivity contribution in [1.29, 1.82) is 0 Å². The average molecular weight is 1170 g/mol. The molecule has 6 aromatic carbocycles. The summed E-state index contributed by atoms with van der Waals surface area (Å²) < 4.78 is 16.1. The number of para-hydroxylation sites is 2. The standard InChI is InChI=1S/C45H36N3O2.C18H24GeN.Ir/c1-26(2)34-23-32(29-11-7-6-8-12-29)24-35(27(3)4)43(34)48-40-14-10-9-13-39(40)47-44(48)38-25-49-41-19-16-30(22-37(38)41)31-17-20-42-36(21-31)33-18-15-28(5)46-45(33)50-42;1-14(2)11-16-12-18(15-9-7-6-8-10-15)20-13-17(16)19(3,4)5;/h6-24,26-27H,1-5H3;6-9,12-14H,11H2,1-5H3;/q2*-1;. The van der Waals surface area contributed by atoms with Crippen LogP contribution in [0.25, 0.3) is 94.7 Å². The fraction of sp³-hybridized carbons (Fsp3) is 0.222. The molecule has 0 bridgehead atoms. The summed E-state index contributed by atoms with van der Waals surface area (Å²) in [6, 6.07) is 54.2. The number of imidazole rings is 1. The molecule has 0 amide bonds. The van der Waals surface area contributed by atoms with Crippen LogP contribution < -0.4 is 4.40 Å². The van der Waals surface area contributed by atoms with E-state index < -0.39 is 13.3 Å². The predicted molar refractivity (Wildman–Crippen MR) is 294 cm³/mol. The van der Waals surface area contributed by atoms with E-state index in [2.05, 4.69) is 196 Å². The SMILES string of the molecule is CC(C)Cc1cc(-c2[c-]cccc2)nc[c]1[Ge]([CH3])([CH3])[CH3].Cc1ccc2c(n1)oc1ccc(-c3ccc4o[c-]c(-c5nc6ccccc6n5-c5c(C(C)C)cc(-c6ccccc6)cc5C(C)C)c4c3)cc12.[Ir]. The van der Waals surface area contributed by atoms with Gasteiger partial charge in [0.15, 0.2) is 0 Å². The van der Waals surface area contributed by atoms with E-state index in [9.17, 15) is 0 Å². The van der Waals surface area contributed by atoms with Crippen LogP contribution in [0.2, 0.25) is 17.3 Å². The van der Waals surface area contributed by atoms with E-state index in [1.165, 1.54) is 33.5 Å². The molecule has 71 heavy (non-hydrogen) atoms. The molecule has 1 radical (unpaired) electrons. The Morgan fingerprint density at radius 3 is 1.99 bits per heavy atom. The predicted octanol–water partition coefficient (Wildman–Crippen LogP) is 16.7. The number of aryl methyl sites for hydroxylation is 1. The van der Waals surface area contributed by atoms with E-state index in [1.54, 1.807) is 4.40 Å². The van der Waals surface area contributed by atoms with Crippen molar-refractivity contribution in [3.8, 4) is 50.6 Å². The number of pyridine rings is 2. The number of hydrogen-bond donors (Lipinski definition) is 0. The molecule has 0 aliphatic rings. The van der Waals surface area contributed by atoms with Gasteiger partial charge in [0.05, 0.1) is 16.9 Å². The molecule has 359 valence electrons. The zero-order chi connectivity index (χ0) is 48.8. The summed E-state index contributed by atoms with van der Waals surface area (Å²) in [5.74, 6) is 9.35. The van der Waals surface area contributed by atoms with Crippen LogP contribution in [0.15, 0.2) is 161 Å². The van der Waals surface area contributed by atoms with Crippen LogP contribution in [0, 0.1) is 25.2 Å². The molecule has 8 heteroatoms. The molecule has 5 heterocycles. The quantitative estimate of drug-likeness (QED) is 0.101. The Balaban J connectivity index is 0.000000251. The third-order valence-corrected chi connectivity index (χ3v) is 17.6. The summed E-state index contributed by atoms with van der Waals surface area (Å²) in [4.78, 5) is 14.6. The zero-order valence-electron chi connectivity index (χ0n) is 42.3.